The molecule has 0 bridgehead atoms. The number of hydrogen-bond donors (Lipinski definition) is 2. The zero-order valence-electron chi connectivity index (χ0n) is 11.2. The van der Waals surface area contributed by atoms with Gasteiger partial charge in [0.2, 0.25) is 0 Å². The Morgan fingerprint density at radius 2 is 1.89 bits per heavy atom. The van der Waals surface area contributed by atoms with Gasteiger partial charge in [-0.3, -0.25) is 0 Å². The second-order valence-electron chi connectivity index (χ2n) is 5.41. The average Bonchev–Trinajstić information content (AvgIpc) is 2.31. The number of phenols is 1. The lowest BCUT2D eigenvalue weighted by Gasteiger charge is -2.20. The molecule has 0 spiro atoms. The van der Waals surface area contributed by atoms with Crippen LogP contribution in [-0.4, -0.2) is 16.7 Å². The van der Waals surface area contributed by atoms with Crippen LogP contribution in [-0.2, 0) is 4.74 Å². The lowest BCUT2D eigenvalue weighted by Crippen LogP contribution is -2.24. The fraction of sp³-hybridized carbons (Fsp3) is 0.267. The lowest BCUT2D eigenvalue weighted by molar-refractivity contribution is 0.00706. The highest BCUT2D eigenvalue weighted by Gasteiger charge is 2.22. The lowest BCUT2D eigenvalue weighted by atomic mass is 10.0. The van der Waals surface area contributed by atoms with E-state index in [9.17, 15) is 9.90 Å². The minimum atomic E-state index is -0.606. The van der Waals surface area contributed by atoms with Crippen LogP contribution < -0.4 is 5.73 Å². The van der Waals surface area contributed by atoms with Crippen molar-refractivity contribution in [3.63, 3.8) is 0 Å². The van der Waals surface area contributed by atoms with Crippen LogP contribution in [0.3, 0.4) is 0 Å². The number of carbonyl (C=O) groups is 1. The first-order valence-electron chi connectivity index (χ1n) is 6.03. The van der Waals surface area contributed by atoms with Gasteiger partial charge in [0.05, 0.1) is 11.3 Å². The zero-order chi connectivity index (χ0) is 14.2. The van der Waals surface area contributed by atoms with E-state index in [0.717, 1.165) is 5.39 Å². The molecule has 2 aromatic carbocycles. The maximum absolute atomic E-state index is 12.1. The van der Waals surface area contributed by atoms with Crippen LogP contribution in [0.25, 0.3) is 10.8 Å². The second kappa shape index (κ2) is 4.46. The van der Waals surface area contributed by atoms with E-state index in [4.69, 9.17) is 10.5 Å². The number of nitrogen functional groups attached to an aromatic ring is 1. The topological polar surface area (TPSA) is 72.5 Å². The number of phenolic OH excluding ortho intramolecular Hbond substituents is 1. The van der Waals surface area contributed by atoms with E-state index >= 15 is 0 Å². The van der Waals surface area contributed by atoms with Crippen LogP contribution in [0.4, 0.5) is 5.69 Å². The quantitative estimate of drug-likeness (QED) is 0.469. The van der Waals surface area contributed by atoms with Gasteiger partial charge in [-0.15, -0.1) is 0 Å². The summed E-state index contributed by atoms with van der Waals surface area (Å²) >= 11 is 0. The summed E-state index contributed by atoms with van der Waals surface area (Å²) in [6, 6.07) is 8.83. The highest BCUT2D eigenvalue weighted by Crippen LogP contribution is 2.34. The van der Waals surface area contributed by atoms with Gasteiger partial charge in [0.1, 0.15) is 11.4 Å². The smallest absolute Gasteiger partial charge is 0.340 e. The third-order valence-corrected chi connectivity index (χ3v) is 2.68. The van der Waals surface area contributed by atoms with Gasteiger partial charge < -0.3 is 15.6 Å². The van der Waals surface area contributed by atoms with Crippen LogP contribution in [0.1, 0.15) is 31.1 Å². The summed E-state index contributed by atoms with van der Waals surface area (Å²) in [4.78, 5) is 12.1. The molecule has 2 aromatic rings. The first-order valence-corrected chi connectivity index (χ1v) is 6.03. The summed E-state index contributed by atoms with van der Waals surface area (Å²) in [5.74, 6) is -0.620. The van der Waals surface area contributed by atoms with Crippen molar-refractivity contribution in [2.24, 2.45) is 0 Å². The van der Waals surface area contributed by atoms with Crippen molar-refractivity contribution in [3.8, 4) is 5.75 Å². The van der Waals surface area contributed by atoms with Gasteiger partial charge in [-0.25, -0.2) is 4.79 Å². The molecule has 0 fully saturated rings. The number of hydrogen-bond acceptors (Lipinski definition) is 4. The molecule has 19 heavy (non-hydrogen) atoms. The van der Waals surface area contributed by atoms with E-state index < -0.39 is 11.6 Å². The summed E-state index contributed by atoms with van der Waals surface area (Å²) in [5, 5.41) is 11.4. The summed E-state index contributed by atoms with van der Waals surface area (Å²) in [5.41, 5.74) is 5.45. The Morgan fingerprint density at radius 1 is 1.26 bits per heavy atom. The number of ether oxygens (including phenoxy) is 1. The molecule has 0 aliphatic rings. The van der Waals surface area contributed by atoms with E-state index in [0.29, 0.717) is 5.39 Å². The molecule has 0 atom stereocenters. The Morgan fingerprint density at radius 3 is 2.53 bits per heavy atom. The molecule has 100 valence electrons. The maximum Gasteiger partial charge on any atom is 0.340 e. The fourth-order valence-electron chi connectivity index (χ4n) is 1.85. The van der Waals surface area contributed by atoms with Crippen LogP contribution in [0.15, 0.2) is 30.3 Å². The van der Waals surface area contributed by atoms with Crippen molar-refractivity contribution in [3.05, 3.63) is 35.9 Å². The largest absolute Gasteiger partial charge is 0.505 e. The Balaban J connectivity index is 2.55. The van der Waals surface area contributed by atoms with E-state index in [1.165, 1.54) is 0 Å². The van der Waals surface area contributed by atoms with Gasteiger partial charge in [0, 0.05) is 5.39 Å². The Kier molecular flexibility index (Phi) is 3.10. The molecule has 0 amide bonds. The molecule has 0 radical (unpaired) electrons. The minimum Gasteiger partial charge on any atom is -0.505 e. The first-order chi connectivity index (χ1) is 8.79. The molecular weight excluding hydrogens is 242 g/mol. The molecule has 0 aliphatic heterocycles. The number of esters is 1. The van der Waals surface area contributed by atoms with E-state index in [-0.39, 0.29) is 17.0 Å². The molecule has 2 rings (SSSR count). The van der Waals surface area contributed by atoms with Crippen LogP contribution >= 0.6 is 0 Å². The molecule has 0 saturated carbocycles. The highest BCUT2D eigenvalue weighted by molar-refractivity contribution is 6.05. The van der Waals surface area contributed by atoms with E-state index in [1.54, 1.807) is 39.0 Å². The Hall–Kier alpha value is -2.23. The van der Waals surface area contributed by atoms with Crippen LogP contribution in [0.5, 0.6) is 5.75 Å². The predicted octanol–water partition coefficient (Wildman–Crippen LogP) is 3.08. The van der Waals surface area contributed by atoms with Gasteiger partial charge in [-0.05, 0) is 32.2 Å². The maximum atomic E-state index is 12.1. The second-order valence-corrected chi connectivity index (χ2v) is 5.41. The number of anilines is 1. The van der Waals surface area contributed by atoms with Crippen molar-refractivity contribution >= 4 is 22.4 Å². The Bertz CT molecular complexity index is 642. The van der Waals surface area contributed by atoms with Gasteiger partial charge in [0.25, 0.3) is 0 Å². The SMILES string of the molecule is CC(C)(C)OC(=O)c1cc2ccccc2c(O)c1N. The zero-order valence-corrected chi connectivity index (χ0v) is 11.2. The number of carbonyl (C=O) groups excluding carboxylic acids is 1. The van der Waals surface area contributed by atoms with Crippen molar-refractivity contribution in [1.29, 1.82) is 0 Å². The normalized spacial score (nSPS) is 11.5. The molecule has 0 unspecified atom stereocenters. The predicted molar refractivity (Wildman–Crippen MR) is 75.2 cm³/mol. The standard InChI is InChI=1S/C15H17NO3/c1-15(2,3)19-14(18)11-8-9-6-4-5-7-10(9)13(17)12(11)16/h4-8,17H,16H2,1-3H3. The van der Waals surface area contributed by atoms with E-state index in [1.807, 2.05) is 12.1 Å². The first kappa shape index (κ1) is 13.2. The number of fused-ring (bicyclic) bond motifs is 1. The van der Waals surface area contributed by atoms with Crippen LogP contribution in [0, 0.1) is 0 Å². The van der Waals surface area contributed by atoms with Crippen molar-refractivity contribution in [2.75, 3.05) is 5.73 Å². The number of aromatic hydroxyl groups is 1. The molecule has 4 heteroatoms. The van der Waals surface area contributed by atoms with Crippen molar-refractivity contribution in [1.82, 2.24) is 0 Å². The average molecular weight is 259 g/mol. The number of benzene rings is 2. The highest BCUT2D eigenvalue weighted by atomic mass is 16.6. The summed E-state index contributed by atoms with van der Waals surface area (Å²) < 4.78 is 5.28. The summed E-state index contributed by atoms with van der Waals surface area (Å²) in [6.45, 7) is 5.34. The summed E-state index contributed by atoms with van der Waals surface area (Å²) in [7, 11) is 0. The Labute approximate surface area is 111 Å². The molecule has 0 saturated heterocycles. The van der Waals surface area contributed by atoms with E-state index in [2.05, 4.69) is 0 Å². The molecule has 4 nitrogen and oxygen atoms in total. The number of rotatable bonds is 1. The third kappa shape index (κ3) is 2.62. The molecule has 0 aromatic heterocycles. The minimum absolute atomic E-state index is 0.0490. The van der Waals surface area contributed by atoms with Gasteiger partial charge in [0.15, 0.2) is 0 Å². The van der Waals surface area contributed by atoms with Gasteiger partial charge in [-0.2, -0.15) is 0 Å². The number of nitrogens with two attached hydrogens (primary N) is 1. The third-order valence-electron chi connectivity index (χ3n) is 2.68. The molecule has 0 aliphatic carbocycles. The van der Waals surface area contributed by atoms with Crippen molar-refractivity contribution < 1.29 is 14.6 Å². The van der Waals surface area contributed by atoms with Crippen LogP contribution in [0.2, 0.25) is 0 Å². The van der Waals surface area contributed by atoms with Crippen molar-refractivity contribution in [2.45, 2.75) is 26.4 Å². The molecule has 0 heterocycles. The fourth-order valence-corrected chi connectivity index (χ4v) is 1.85. The van der Waals surface area contributed by atoms with Gasteiger partial charge in [-0.1, -0.05) is 24.3 Å². The van der Waals surface area contributed by atoms with Gasteiger partial charge >= 0.3 is 5.97 Å². The monoisotopic (exact) mass is 259 g/mol. The molecular formula is C15H17NO3. The summed E-state index contributed by atoms with van der Waals surface area (Å²) in [6.07, 6.45) is 0. The molecule has 3 N–H and O–H groups in total.